The van der Waals surface area contributed by atoms with E-state index in [1.807, 2.05) is 18.2 Å². The number of benzene rings is 1. The molecule has 134 valence electrons. The van der Waals surface area contributed by atoms with Crippen LogP contribution in [0.3, 0.4) is 0 Å². The average Bonchev–Trinajstić information content (AvgIpc) is 3.18. The molecule has 1 aliphatic heterocycles. The highest BCUT2D eigenvalue weighted by atomic mass is 16.5. The highest BCUT2D eigenvalue weighted by molar-refractivity contribution is 5.94. The minimum Gasteiger partial charge on any atom is -0.497 e. The molecule has 1 aromatic heterocycles. The van der Waals surface area contributed by atoms with Gasteiger partial charge in [-0.3, -0.25) is 4.79 Å². The quantitative estimate of drug-likeness (QED) is 0.914. The summed E-state index contributed by atoms with van der Waals surface area (Å²) < 4.78 is 5.17. The number of carbonyl (C=O) groups excluding carboxylic acids is 1. The fourth-order valence-electron chi connectivity index (χ4n) is 3.51. The molecule has 26 heavy (non-hydrogen) atoms. The molecule has 1 aliphatic rings. The van der Waals surface area contributed by atoms with E-state index in [4.69, 9.17) is 10.00 Å². The standard InChI is InChI=1S/C20H21N3O3/c1-20(25,15-5-7-17(26-2)8-6-15)18-4-3-11-23(18)19(24)14-9-10-22-16(12-14)13-21/h5-10,12,18,25H,3-4,11H2,1-2H3/t18-,20+/m0/s1. The molecule has 0 spiro atoms. The molecule has 0 aliphatic carbocycles. The number of methoxy groups -OCH3 is 1. The molecule has 0 unspecified atom stereocenters. The number of ether oxygens (including phenoxy) is 1. The van der Waals surface area contributed by atoms with Crippen LogP contribution in [0.5, 0.6) is 5.75 Å². The van der Waals surface area contributed by atoms with Gasteiger partial charge >= 0.3 is 0 Å². The Labute approximate surface area is 152 Å². The Morgan fingerprint density at radius 3 is 2.77 bits per heavy atom. The summed E-state index contributed by atoms with van der Waals surface area (Å²) in [6, 6.07) is 11.9. The summed E-state index contributed by atoms with van der Waals surface area (Å²) in [5.41, 5.74) is 0.154. The second kappa shape index (κ2) is 7.14. The second-order valence-electron chi connectivity index (χ2n) is 6.57. The number of hydrogen-bond acceptors (Lipinski definition) is 5. The van der Waals surface area contributed by atoms with Crippen LogP contribution in [0.25, 0.3) is 0 Å². The third-order valence-corrected chi connectivity index (χ3v) is 4.96. The van der Waals surface area contributed by atoms with Crippen molar-refractivity contribution < 1.29 is 14.6 Å². The molecule has 6 heteroatoms. The molecule has 0 bridgehead atoms. The zero-order valence-electron chi connectivity index (χ0n) is 14.8. The Kier molecular flexibility index (Phi) is 4.92. The van der Waals surface area contributed by atoms with E-state index in [1.54, 1.807) is 37.1 Å². The van der Waals surface area contributed by atoms with Crippen LogP contribution < -0.4 is 4.74 Å². The van der Waals surface area contributed by atoms with Crippen LogP contribution in [0.2, 0.25) is 0 Å². The van der Waals surface area contributed by atoms with Crippen LogP contribution in [-0.4, -0.2) is 40.6 Å². The first-order valence-corrected chi connectivity index (χ1v) is 8.51. The summed E-state index contributed by atoms with van der Waals surface area (Å²) in [5, 5.41) is 20.2. The maximum atomic E-state index is 13.0. The topological polar surface area (TPSA) is 86.5 Å². The van der Waals surface area contributed by atoms with Crippen molar-refractivity contribution in [2.75, 3.05) is 13.7 Å². The van der Waals surface area contributed by atoms with Crippen molar-refractivity contribution in [2.45, 2.75) is 31.4 Å². The van der Waals surface area contributed by atoms with E-state index in [0.717, 1.165) is 12.0 Å². The summed E-state index contributed by atoms with van der Waals surface area (Å²) in [4.78, 5) is 18.6. The molecule has 3 rings (SSSR count). The molecule has 0 saturated carbocycles. The minimum absolute atomic E-state index is 0.194. The van der Waals surface area contributed by atoms with Gasteiger partial charge in [0.25, 0.3) is 5.91 Å². The lowest BCUT2D eigenvalue weighted by Gasteiger charge is -2.37. The van der Waals surface area contributed by atoms with Gasteiger partial charge < -0.3 is 14.7 Å². The highest BCUT2D eigenvalue weighted by Crippen LogP contribution is 2.36. The monoisotopic (exact) mass is 351 g/mol. The second-order valence-corrected chi connectivity index (χ2v) is 6.57. The van der Waals surface area contributed by atoms with Crippen LogP contribution in [-0.2, 0) is 5.60 Å². The zero-order chi connectivity index (χ0) is 18.7. The third-order valence-electron chi connectivity index (χ3n) is 4.96. The van der Waals surface area contributed by atoms with Crippen LogP contribution >= 0.6 is 0 Å². The summed E-state index contributed by atoms with van der Waals surface area (Å²) >= 11 is 0. The lowest BCUT2D eigenvalue weighted by molar-refractivity contribution is -0.0177. The summed E-state index contributed by atoms with van der Waals surface area (Å²) in [6.45, 7) is 2.30. The first kappa shape index (κ1) is 17.9. The van der Waals surface area contributed by atoms with E-state index < -0.39 is 5.60 Å². The van der Waals surface area contributed by atoms with Crippen molar-refractivity contribution in [2.24, 2.45) is 0 Å². The number of amides is 1. The molecule has 1 aromatic carbocycles. The number of aromatic nitrogens is 1. The number of carbonyl (C=O) groups is 1. The fourth-order valence-corrected chi connectivity index (χ4v) is 3.51. The molecule has 2 heterocycles. The van der Waals surface area contributed by atoms with E-state index in [0.29, 0.717) is 24.3 Å². The Morgan fingerprint density at radius 1 is 1.38 bits per heavy atom. The number of hydrogen-bond donors (Lipinski definition) is 1. The smallest absolute Gasteiger partial charge is 0.254 e. The normalized spacial score (nSPS) is 18.8. The minimum atomic E-state index is -1.19. The van der Waals surface area contributed by atoms with E-state index in [9.17, 15) is 9.90 Å². The van der Waals surface area contributed by atoms with E-state index >= 15 is 0 Å². The lowest BCUT2D eigenvalue weighted by Crippen LogP contribution is -2.48. The Morgan fingerprint density at radius 2 is 2.12 bits per heavy atom. The molecular weight excluding hydrogens is 330 g/mol. The van der Waals surface area contributed by atoms with Gasteiger partial charge in [0, 0.05) is 18.3 Å². The molecule has 1 amide bonds. The van der Waals surface area contributed by atoms with Crippen molar-refractivity contribution in [3.8, 4) is 11.8 Å². The Bertz CT molecular complexity index is 840. The largest absolute Gasteiger partial charge is 0.497 e. The molecule has 2 aromatic rings. The average molecular weight is 351 g/mol. The molecule has 6 nitrogen and oxygen atoms in total. The predicted octanol–water partition coefficient (Wildman–Crippen LogP) is 2.47. The van der Waals surface area contributed by atoms with Crippen molar-refractivity contribution >= 4 is 5.91 Å². The van der Waals surface area contributed by atoms with Gasteiger partial charge in [0.15, 0.2) is 0 Å². The number of rotatable bonds is 4. The van der Waals surface area contributed by atoms with Crippen molar-refractivity contribution in [1.29, 1.82) is 5.26 Å². The third kappa shape index (κ3) is 3.26. The fraction of sp³-hybridized carbons (Fsp3) is 0.350. The van der Waals surface area contributed by atoms with Crippen LogP contribution in [0, 0.1) is 11.3 Å². The van der Waals surface area contributed by atoms with Gasteiger partial charge in [-0.05, 0) is 49.6 Å². The number of nitrogens with zero attached hydrogens (tertiary/aromatic N) is 3. The first-order chi connectivity index (χ1) is 12.5. The Balaban J connectivity index is 1.88. The van der Waals surface area contributed by atoms with Crippen molar-refractivity contribution in [1.82, 2.24) is 9.88 Å². The molecule has 1 saturated heterocycles. The first-order valence-electron chi connectivity index (χ1n) is 8.51. The predicted molar refractivity (Wildman–Crippen MR) is 95.6 cm³/mol. The molecule has 0 radical (unpaired) electrons. The van der Waals surface area contributed by atoms with Gasteiger partial charge in [-0.15, -0.1) is 0 Å². The molecule has 1 fully saturated rings. The van der Waals surface area contributed by atoms with Crippen LogP contribution in [0.4, 0.5) is 0 Å². The Hall–Kier alpha value is -2.91. The number of nitriles is 1. The van der Waals surface area contributed by atoms with Gasteiger partial charge in [-0.25, -0.2) is 4.98 Å². The molecule has 2 atom stereocenters. The van der Waals surface area contributed by atoms with Crippen molar-refractivity contribution in [3.63, 3.8) is 0 Å². The lowest BCUT2D eigenvalue weighted by atomic mass is 9.86. The van der Waals surface area contributed by atoms with E-state index in [2.05, 4.69) is 4.98 Å². The SMILES string of the molecule is COc1ccc([C@@](C)(O)[C@@H]2CCCN2C(=O)c2ccnc(C#N)c2)cc1. The highest BCUT2D eigenvalue weighted by Gasteiger charge is 2.42. The maximum Gasteiger partial charge on any atom is 0.254 e. The van der Waals surface area contributed by atoms with Gasteiger partial charge in [0.2, 0.25) is 0 Å². The van der Waals surface area contributed by atoms with Gasteiger partial charge in [0.05, 0.1) is 13.2 Å². The summed E-state index contributed by atoms with van der Waals surface area (Å²) in [5.74, 6) is 0.518. The van der Waals surface area contributed by atoms with Gasteiger partial charge in [0.1, 0.15) is 23.1 Å². The number of aliphatic hydroxyl groups is 1. The van der Waals surface area contributed by atoms with E-state index in [1.165, 1.54) is 12.3 Å². The summed E-state index contributed by atoms with van der Waals surface area (Å²) in [7, 11) is 1.59. The molecular formula is C20H21N3O3. The van der Waals surface area contributed by atoms with Crippen molar-refractivity contribution in [3.05, 3.63) is 59.4 Å². The van der Waals surface area contributed by atoms with E-state index in [-0.39, 0.29) is 17.6 Å². The summed E-state index contributed by atoms with van der Waals surface area (Å²) in [6.07, 6.45) is 2.98. The number of likely N-dealkylation sites (tertiary alicyclic amines) is 1. The van der Waals surface area contributed by atoms with Gasteiger partial charge in [-0.2, -0.15) is 5.26 Å². The number of pyridine rings is 1. The van der Waals surface area contributed by atoms with Gasteiger partial charge in [-0.1, -0.05) is 12.1 Å². The maximum absolute atomic E-state index is 13.0. The van der Waals surface area contributed by atoms with Crippen LogP contribution in [0.15, 0.2) is 42.6 Å². The zero-order valence-corrected chi connectivity index (χ0v) is 14.8. The molecule has 1 N–H and O–H groups in total. The van der Waals surface area contributed by atoms with Crippen LogP contribution in [0.1, 0.15) is 41.4 Å².